The minimum absolute atomic E-state index is 0.00829. The molecule has 3 rings (SSSR count). The molecule has 29 heavy (non-hydrogen) atoms. The summed E-state index contributed by atoms with van der Waals surface area (Å²) in [7, 11) is 0. The van der Waals surface area contributed by atoms with Crippen LogP contribution in [0.15, 0.2) is 28.7 Å². The highest BCUT2D eigenvalue weighted by Crippen LogP contribution is 2.31. The highest BCUT2D eigenvalue weighted by atomic mass is 16.3. The Balaban J connectivity index is 1.66. The number of anilines is 1. The van der Waals surface area contributed by atoms with Crippen molar-refractivity contribution in [3.05, 3.63) is 30.0 Å². The zero-order valence-electron chi connectivity index (χ0n) is 17.5. The Kier molecular flexibility index (Phi) is 6.37. The maximum atomic E-state index is 12.9. The van der Waals surface area contributed by atoms with Crippen LogP contribution in [0.1, 0.15) is 51.1 Å². The molecule has 7 heteroatoms. The molecule has 2 N–H and O–H groups in total. The quantitative estimate of drug-likeness (QED) is 0.728. The van der Waals surface area contributed by atoms with E-state index in [1.165, 1.54) is 6.92 Å². The van der Waals surface area contributed by atoms with E-state index in [1.807, 2.05) is 39.0 Å². The first kappa shape index (κ1) is 21.0. The molecule has 1 aliphatic heterocycles. The number of hydrogen-bond acceptors (Lipinski definition) is 5. The fourth-order valence-electron chi connectivity index (χ4n) is 3.76. The van der Waals surface area contributed by atoms with Crippen LogP contribution in [0.5, 0.6) is 0 Å². The monoisotopic (exact) mass is 399 g/mol. The molecule has 0 radical (unpaired) electrons. The van der Waals surface area contributed by atoms with Crippen LogP contribution >= 0.6 is 0 Å². The van der Waals surface area contributed by atoms with E-state index in [4.69, 9.17) is 4.42 Å². The Morgan fingerprint density at radius 2 is 1.76 bits per heavy atom. The minimum Gasteiger partial charge on any atom is -0.451 e. The lowest BCUT2D eigenvalue weighted by Gasteiger charge is -2.35. The molecule has 2 heterocycles. The number of nitrogens with one attached hydrogen (secondary N) is 2. The maximum Gasteiger partial charge on any atom is 0.241 e. The van der Waals surface area contributed by atoms with E-state index in [0.717, 1.165) is 12.8 Å². The number of piperidine rings is 1. The number of ketones is 1. The molecular formula is C22H29N3O4. The van der Waals surface area contributed by atoms with Gasteiger partial charge in [-0.05, 0) is 58.8 Å². The van der Waals surface area contributed by atoms with Crippen molar-refractivity contribution in [3.8, 4) is 0 Å². The molecule has 1 fully saturated rings. The molecule has 7 nitrogen and oxygen atoms in total. The van der Waals surface area contributed by atoms with Crippen LogP contribution in [-0.2, 0) is 9.59 Å². The summed E-state index contributed by atoms with van der Waals surface area (Å²) in [5, 5.41) is 6.57. The van der Waals surface area contributed by atoms with Crippen molar-refractivity contribution in [3.63, 3.8) is 0 Å². The first-order valence-electron chi connectivity index (χ1n) is 10.2. The summed E-state index contributed by atoms with van der Waals surface area (Å²) in [5.74, 6) is -0.181. The Labute approximate surface area is 170 Å². The topological polar surface area (TPSA) is 91.7 Å². The van der Waals surface area contributed by atoms with Crippen LogP contribution < -0.4 is 10.6 Å². The molecular weight excluding hydrogens is 370 g/mol. The van der Waals surface area contributed by atoms with Gasteiger partial charge in [-0.25, -0.2) is 0 Å². The first-order valence-corrected chi connectivity index (χ1v) is 10.2. The van der Waals surface area contributed by atoms with Gasteiger partial charge in [0.2, 0.25) is 11.8 Å². The highest BCUT2D eigenvalue weighted by molar-refractivity contribution is 6.11. The fraction of sp³-hybridized carbons (Fsp3) is 0.500. The van der Waals surface area contributed by atoms with Gasteiger partial charge in [0.1, 0.15) is 5.58 Å². The number of furan rings is 1. The number of carbonyl (C=O) groups excluding carboxylic acids is 3. The van der Waals surface area contributed by atoms with Crippen LogP contribution in [0.3, 0.4) is 0 Å². The van der Waals surface area contributed by atoms with Crippen molar-refractivity contribution in [1.82, 2.24) is 10.2 Å². The second-order valence-corrected chi connectivity index (χ2v) is 8.00. The first-order chi connectivity index (χ1) is 13.8. The van der Waals surface area contributed by atoms with Crippen molar-refractivity contribution in [2.75, 3.05) is 18.4 Å². The van der Waals surface area contributed by atoms with E-state index in [-0.39, 0.29) is 41.4 Å². The summed E-state index contributed by atoms with van der Waals surface area (Å²) in [6.07, 6.45) is 1.45. The average Bonchev–Trinajstić information content (AvgIpc) is 3.06. The van der Waals surface area contributed by atoms with Crippen LogP contribution in [0, 0.1) is 5.92 Å². The van der Waals surface area contributed by atoms with Crippen molar-refractivity contribution in [1.29, 1.82) is 0 Å². The largest absolute Gasteiger partial charge is 0.451 e. The molecule has 1 aromatic carbocycles. The molecule has 0 aliphatic carbocycles. The Morgan fingerprint density at radius 3 is 2.38 bits per heavy atom. The second kappa shape index (κ2) is 8.78. The lowest BCUT2D eigenvalue weighted by Crippen LogP contribution is -2.48. The number of rotatable bonds is 6. The number of amides is 2. The number of nitrogens with zero attached hydrogens (tertiary/aromatic N) is 1. The zero-order chi connectivity index (χ0) is 21.1. The molecule has 1 aromatic heterocycles. The smallest absolute Gasteiger partial charge is 0.241 e. The number of benzene rings is 1. The summed E-state index contributed by atoms with van der Waals surface area (Å²) in [6, 6.07) is 7.01. The third-order valence-electron chi connectivity index (χ3n) is 5.42. The predicted molar refractivity (Wildman–Crippen MR) is 112 cm³/mol. The standard InChI is InChI=1S/C22H29N3O4/c1-13(2)23-22(28)16-9-11-25(12-10-16)14(3)21(27)24-19-17-7-5-6-8-18(17)29-20(19)15(4)26/h5-8,13-14,16H,9-12H2,1-4H3,(H,23,28)(H,24,27). The number of hydrogen-bond donors (Lipinski definition) is 2. The number of fused-ring (bicyclic) bond motifs is 1. The van der Waals surface area contributed by atoms with Gasteiger partial charge in [0.15, 0.2) is 11.5 Å². The van der Waals surface area contributed by atoms with Crippen molar-refractivity contribution < 1.29 is 18.8 Å². The Morgan fingerprint density at radius 1 is 1.10 bits per heavy atom. The van der Waals surface area contributed by atoms with Gasteiger partial charge in [-0.3, -0.25) is 19.3 Å². The van der Waals surface area contributed by atoms with Crippen LogP contribution in [-0.4, -0.2) is 47.7 Å². The lowest BCUT2D eigenvalue weighted by atomic mass is 9.94. The summed E-state index contributed by atoms with van der Waals surface area (Å²) < 4.78 is 5.64. The second-order valence-electron chi connectivity index (χ2n) is 8.00. The van der Waals surface area contributed by atoms with Crippen molar-refractivity contribution in [2.45, 2.75) is 52.6 Å². The molecule has 0 spiro atoms. The average molecular weight is 399 g/mol. The molecule has 0 saturated carbocycles. The normalized spacial score (nSPS) is 16.7. The SMILES string of the molecule is CC(=O)c1oc2ccccc2c1NC(=O)C(C)N1CCC(C(=O)NC(C)C)CC1. The van der Waals surface area contributed by atoms with Gasteiger partial charge < -0.3 is 15.1 Å². The van der Waals surface area contributed by atoms with Crippen LogP contribution in [0.25, 0.3) is 11.0 Å². The van der Waals surface area contributed by atoms with Crippen LogP contribution in [0.2, 0.25) is 0 Å². The van der Waals surface area contributed by atoms with Gasteiger partial charge in [0, 0.05) is 24.3 Å². The summed E-state index contributed by atoms with van der Waals surface area (Å²) >= 11 is 0. The van der Waals surface area contributed by atoms with E-state index in [1.54, 1.807) is 6.07 Å². The van der Waals surface area contributed by atoms with Gasteiger partial charge in [-0.2, -0.15) is 0 Å². The van der Waals surface area contributed by atoms with Crippen molar-refractivity contribution in [2.24, 2.45) is 5.92 Å². The molecule has 1 atom stereocenters. The number of carbonyl (C=O) groups is 3. The van der Waals surface area contributed by atoms with Gasteiger partial charge >= 0.3 is 0 Å². The summed E-state index contributed by atoms with van der Waals surface area (Å²) in [5.41, 5.74) is 0.994. The molecule has 156 valence electrons. The molecule has 1 saturated heterocycles. The third-order valence-corrected chi connectivity index (χ3v) is 5.42. The van der Waals surface area contributed by atoms with E-state index in [9.17, 15) is 14.4 Å². The zero-order valence-corrected chi connectivity index (χ0v) is 17.5. The molecule has 2 aromatic rings. The number of Topliss-reactive ketones (excluding diaryl/α,β-unsaturated/α-hetero) is 1. The Bertz CT molecular complexity index is 910. The minimum atomic E-state index is -0.377. The molecule has 0 bridgehead atoms. The lowest BCUT2D eigenvalue weighted by molar-refractivity contribution is -0.127. The molecule has 2 amide bonds. The number of para-hydroxylation sites is 1. The van der Waals surface area contributed by atoms with E-state index in [0.29, 0.717) is 29.7 Å². The van der Waals surface area contributed by atoms with E-state index >= 15 is 0 Å². The molecule has 1 aliphatic rings. The van der Waals surface area contributed by atoms with Crippen molar-refractivity contribution >= 4 is 34.3 Å². The predicted octanol–water partition coefficient (Wildman–Crippen LogP) is 3.20. The van der Waals surface area contributed by atoms with Gasteiger partial charge in [-0.15, -0.1) is 0 Å². The Hall–Kier alpha value is -2.67. The summed E-state index contributed by atoms with van der Waals surface area (Å²) in [4.78, 5) is 39.2. The number of likely N-dealkylation sites (tertiary alicyclic amines) is 1. The fourth-order valence-corrected chi connectivity index (χ4v) is 3.76. The van der Waals surface area contributed by atoms with Gasteiger partial charge in [-0.1, -0.05) is 12.1 Å². The van der Waals surface area contributed by atoms with Crippen LogP contribution in [0.4, 0.5) is 5.69 Å². The maximum absolute atomic E-state index is 12.9. The highest BCUT2D eigenvalue weighted by Gasteiger charge is 2.31. The van der Waals surface area contributed by atoms with E-state index < -0.39 is 0 Å². The van der Waals surface area contributed by atoms with E-state index in [2.05, 4.69) is 15.5 Å². The third kappa shape index (κ3) is 4.67. The van der Waals surface area contributed by atoms with Gasteiger partial charge in [0.05, 0.1) is 11.7 Å². The summed E-state index contributed by atoms with van der Waals surface area (Å²) in [6.45, 7) is 8.53. The van der Waals surface area contributed by atoms with Gasteiger partial charge in [0.25, 0.3) is 0 Å². The molecule has 1 unspecified atom stereocenters.